The van der Waals surface area contributed by atoms with E-state index in [2.05, 4.69) is 206 Å². The average molecular weight is 719 g/mol. The number of aromatic nitrogens is 2. The molecule has 0 amide bonds. The molecule has 8 aromatic carbocycles. The summed E-state index contributed by atoms with van der Waals surface area (Å²) in [6.07, 6.45) is 0. The van der Waals surface area contributed by atoms with Gasteiger partial charge in [-0.3, -0.25) is 0 Å². The van der Waals surface area contributed by atoms with Gasteiger partial charge in [-0.2, -0.15) is 0 Å². The Hall–Kier alpha value is -6.94. The van der Waals surface area contributed by atoms with Crippen LogP contribution in [0.5, 0.6) is 0 Å². The number of hydrogen-bond acceptors (Lipinski definition) is 3. The first-order valence-electron chi connectivity index (χ1n) is 18.6. The predicted molar refractivity (Wildman–Crippen MR) is 233 cm³/mol. The SMILES string of the molecule is c1ccc(-c2cccc(-c3cccc(-c4cccc(-c5nc(-c6cc(-c7ccccc7)cc(-c7ccccc7)c6)c6sc7ccccc7c6n5)c4)c3)c2)cc1. The summed E-state index contributed by atoms with van der Waals surface area (Å²) in [5.41, 5.74) is 15.7. The highest BCUT2D eigenvalue weighted by Gasteiger charge is 2.19. The van der Waals surface area contributed by atoms with Crippen LogP contribution in [0.15, 0.2) is 206 Å². The Morgan fingerprint density at radius 2 is 0.673 bits per heavy atom. The van der Waals surface area contributed by atoms with E-state index in [0.29, 0.717) is 5.82 Å². The third kappa shape index (κ3) is 6.41. The molecule has 2 aromatic heterocycles. The molecule has 10 aromatic rings. The number of hydrogen-bond donors (Lipinski definition) is 0. The fourth-order valence-electron chi connectivity index (χ4n) is 7.50. The van der Waals surface area contributed by atoms with E-state index in [-0.39, 0.29) is 0 Å². The molecule has 3 heteroatoms. The van der Waals surface area contributed by atoms with Gasteiger partial charge in [-0.1, -0.05) is 164 Å². The second-order valence-corrected chi connectivity index (χ2v) is 14.9. The van der Waals surface area contributed by atoms with Crippen LogP contribution in [-0.2, 0) is 0 Å². The Kier molecular flexibility index (Phi) is 8.40. The first kappa shape index (κ1) is 32.7. The molecule has 0 aliphatic rings. The lowest BCUT2D eigenvalue weighted by atomic mass is 9.94. The van der Waals surface area contributed by atoms with Crippen molar-refractivity contribution in [1.82, 2.24) is 9.97 Å². The van der Waals surface area contributed by atoms with Gasteiger partial charge in [0.25, 0.3) is 0 Å². The zero-order valence-electron chi connectivity index (χ0n) is 29.9. The van der Waals surface area contributed by atoms with Crippen LogP contribution in [0.3, 0.4) is 0 Å². The molecule has 0 atom stereocenters. The molecule has 0 saturated heterocycles. The van der Waals surface area contributed by atoms with Gasteiger partial charge >= 0.3 is 0 Å². The molecule has 0 radical (unpaired) electrons. The largest absolute Gasteiger partial charge is 0.226 e. The molecule has 0 unspecified atom stereocenters. The van der Waals surface area contributed by atoms with Gasteiger partial charge in [0.15, 0.2) is 5.82 Å². The van der Waals surface area contributed by atoms with Gasteiger partial charge in [-0.25, -0.2) is 9.97 Å². The normalized spacial score (nSPS) is 11.3. The van der Waals surface area contributed by atoms with E-state index in [0.717, 1.165) is 54.7 Å². The first-order valence-corrected chi connectivity index (χ1v) is 19.4. The molecular formula is C52H34N2S. The number of nitrogens with zero attached hydrogens (tertiary/aromatic N) is 2. The Labute approximate surface area is 324 Å². The first-order chi connectivity index (χ1) is 27.2. The molecular weight excluding hydrogens is 685 g/mol. The van der Waals surface area contributed by atoms with Crippen molar-refractivity contribution in [3.05, 3.63) is 206 Å². The molecule has 0 aliphatic carbocycles. The second-order valence-electron chi connectivity index (χ2n) is 13.8. The topological polar surface area (TPSA) is 25.8 Å². The molecule has 55 heavy (non-hydrogen) atoms. The summed E-state index contributed by atoms with van der Waals surface area (Å²) in [5, 5.41) is 1.15. The fourth-order valence-corrected chi connectivity index (χ4v) is 8.65. The summed E-state index contributed by atoms with van der Waals surface area (Å²) in [6.45, 7) is 0. The summed E-state index contributed by atoms with van der Waals surface area (Å²) in [7, 11) is 0. The minimum atomic E-state index is 0.714. The maximum Gasteiger partial charge on any atom is 0.160 e. The van der Waals surface area contributed by atoms with Crippen molar-refractivity contribution in [1.29, 1.82) is 0 Å². The zero-order valence-corrected chi connectivity index (χ0v) is 30.7. The Morgan fingerprint density at radius 1 is 0.291 bits per heavy atom. The minimum absolute atomic E-state index is 0.714. The van der Waals surface area contributed by atoms with E-state index in [9.17, 15) is 0 Å². The van der Waals surface area contributed by atoms with Crippen LogP contribution in [-0.4, -0.2) is 9.97 Å². The average Bonchev–Trinajstić information content (AvgIpc) is 3.66. The van der Waals surface area contributed by atoms with Crippen molar-refractivity contribution >= 4 is 31.6 Å². The highest BCUT2D eigenvalue weighted by Crippen LogP contribution is 2.42. The molecule has 2 nitrogen and oxygen atoms in total. The van der Waals surface area contributed by atoms with E-state index >= 15 is 0 Å². The Morgan fingerprint density at radius 3 is 1.22 bits per heavy atom. The van der Waals surface area contributed by atoms with Gasteiger partial charge in [-0.15, -0.1) is 11.3 Å². The lowest BCUT2D eigenvalue weighted by molar-refractivity contribution is 1.24. The quantitative estimate of drug-likeness (QED) is 0.164. The van der Waals surface area contributed by atoms with E-state index in [1.807, 2.05) is 0 Å². The van der Waals surface area contributed by atoms with Crippen LogP contribution >= 0.6 is 11.3 Å². The molecule has 2 heterocycles. The third-order valence-corrected chi connectivity index (χ3v) is 11.4. The van der Waals surface area contributed by atoms with Gasteiger partial charge in [0.05, 0.1) is 15.9 Å². The number of fused-ring (bicyclic) bond motifs is 3. The zero-order chi connectivity index (χ0) is 36.6. The Bertz CT molecular complexity index is 2910. The van der Waals surface area contributed by atoms with Gasteiger partial charge in [0.1, 0.15) is 0 Å². The molecule has 0 aliphatic heterocycles. The third-order valence-electron chi connectivity index (χ3n) is 10.3. The molecule has 258 valence electrons. The monoisotopic (exact) mass is 718 g/mol. The van der Waals surface area contributed by atoms with Gasteiger partial charge in [0.2, 0.25) is 0 Å². The van der Waals surface area contributed by atoms with Crippen molar-refractivity contribution in [2.45, 2.75) is 0 Å². The number of thiophene rings is 1. The van der Waals surface area contributed by atoms with Gasteiger partial charge < -0.3 is 0 Å². The highest BCUT2D eigenvalue weighted by molar-refractivity contribution is 7.26. The van der Waals surface area contributed by atoms with E-state index in [1.165, 1.54) is 38.1 Å². The molecule has 0 fully saturated rings. The van der Waals surface area contributed by atoms with Gasteiger partial charge in [-0.05, 0) is 98.1 Å². The smallest absolute Gasteiger partial charge is 0.160 e. The van der Waals surface area contributed by atoms with E-state index < -0.39 is 0 Å². The van der Waals surface area contributed by atoms with Crippen molar-refractivity contribution in [2.75, 3.05) is 0 Å². The van der Waals surface area contributed by atoms with Crippen LogP contribution in [0.1, 0.15) is 0 Å². The van der Waals surface area contributed by atoms with Crippen LogP contribution in [0.4, 0.5) is 0 Å². The van der Waals surface area contributed by atoms with Crippen molar-refractivity contribution < 1.29 is 0 Å². The fraction of sp³-hybridized carbons (Fsp3) is 0. The van der Waals surface area contributed by atoms with Crippen LogP contribution in [0, 0.1) is 0 Å². The maximum atomic E-state index is 5.44. The summed E-state index contributed by atoms with van der Waals surface area (Å²) in [4.78, 5) is 10.8. The molecule has 0 bridgehead atoms. The second kappa shape index (κ2) is 14.1. The maximum absolute atomic E-state index is 5.44. The van der Waals surface area contributed by atoms with Crippen molar-refractivity contribution in [2.24, 2.45) is 0 Å². The molecule has 0 N–H and O–H groups in total. The lowest BCUT2D eigenvalue weighted by Gasteiger charge is -2.13. The number of rotatable bonds is 7. The standard InChI is InChI=1S/C52H34N2S/c1-4-15-35(16-5-1)38-21-12-22-39(29-38)40-23-13-24-41(30-40)42-25-14-26-43(31-42)52-53-49(51-50(54-52)47-27-10-11-28-48(47)55-51)46-33-44(36-17-6-2-7-18-36)32-45(34-46)37-19-8-3-9-20-37/h1-34H. The number of benzene rings is 8. The van der Waals surface area contributed by atoms with Crippen LogP contribution < -0.4 is 0 Å². The Balaban J connectivity index is 1.11. The lowest BCUT2D eigenvalue weighted by Crippen LogP contribution is -1.95. The molecule has 0 saturated carbocycles. The van der Waals surface area contributed by atoms with E-state index in [4.69, 9.17) is 9.97 Å². The van der Waals surface area contributed by atoms with Crippen LogP contribution in [0.2, 0.25) is 0 Å². The molecule has 10 rings (SSSR count). The summed E-state index contributed by atoms with van der Waals surface area (Å²) < 4.78 is 2.30. The van der Waals surface area contributed by atoms with Gasteiger partial charge in [0, 0.05) is 21.2 Å². The minimum Gasteiger partial charge on any atom is -0.226 e. The highest BCUT2D eigenvalue weighted by atomic mass is 32.1. The summed E-state index contributed by atoms with van der Waals surface area (Å²) in [5.74, 6) is 0.714. The predicted octanol–water partition coefficient (Wildman–Crippen LogP) is 14.5. The van der Waals surface area contributed by atoms with Crippen LogP contribution in [0.25, 0.3) is 98.6 Å². The summed E-state index contributed by atoms with van der Waals surface area (Å²) >= 11 is 1.76. The van der Waals surface area contributed by atoms with Crippen molar-refractivity contribution in [3.8, 4) is 78.3 Å². The molecule has 0 spiro atoms. The van der Waals surface area contributed by atoms with Crippen molar-refractivity contribution in [3.63, 3.8) is 0 Å². The summed E-state index contributed by atoms with van der Waals surface area (Å²) in [6, 6.07) is 73.5. The van der Waals surface area contributed by atoms with E-state index in [1.54, 1.807) is 11.3 Å².